The zero-order chi connectivity index (χ0) is 15.4. The fourth-order valence-electron chi connectivity index (χ4n) is 1.59. The minimum atomic E-state index is -0.500. The Kier molecular flexibility index (Phi) is 4.86. The van der Waals surface area contributed by atoms with Crippen LogP contribution in [0.5, 0.6) is 0 Å². The molecule has 7 nitrogen and oxygen atoms in total. The molecule has 1 aromatic heterocycles. The lowest BCUT2D eigenvalue weighted by atomic mass is 10.1. The number of amides is 1. The number of hydrogen-bond donors (Lipinski definition) is 1. The molecule has 9 heteroatoms. The number of carbonyl (C=O) groups excluding carboxylic acids is 1. The molecule has 0 spiro atoms. The molecule has 0 radical (unpaired) electrons. The van der Waals surface area contributed by atoms with Gasteiger partial charge >= 0.3 is 0 Å². The molecule has 1 amide bonds. The van der Waals surface area contributed by atoms with E-state index in [1.165, 1.54) is 29.2 Å². The van der Waals surface area contributed by atoms with E-state index in [-0.39, 0.29) is 23.0 Å². The van der Waals surface area contributed by atoms with Gasteiger partial charge in [0.05, 0.1) is 10.7 Å². The van der Waals surface area contributed by atoms with Crippen LogP contribution in [0.1, 0.15) is 11.1 Å². The van der Waals surface area contributed by atoms with E-state index in [4.69, 9.17) is 0 Å². The number of carbonyl (C=O) groups is 1. The third-order valence-corrected chi connectivity index (χ3v) is 4.61. The highest BCUT2D eigenvalue weighted by molar-refractivity contribution is 8.01. The Balaban J connectivity index is 2.09. The van der Waals surface area contributed by atoms with Crippen molar-refractivity contribution in [2.45, 2.75) is 18.2 Å². The van der Waals surface area contributed by atoms with Crippen molar-refractivity contribution >= 4 is 40.4 Å². The summed E-state index contributed by atoms with van der Waals surface area (Å²) in [5.74, 6) is -0.194. The van der Waals surface area contributed by atoms with E-state index >= 15 is 0 Å². The van der Waals surface area contributed by atoms with Gasteiger partial charge in [0.2, 0.25) is 5.91 Å². The van der Waals surface area contributed by atoms with Crippen LogP contribution >= 0.6 is 23.1 Å². The fourth-order valence-corrected chi connectivity index (χ4v) is 2.88. The highest BCUT2D eigenvalue weighted by atomic mass is 32.2. The normalized spacial score (nSPS) is 10.4. The minimum Gasteiger partial charge on any atom is -0.320 e. The van der Waals surface area contributed by atoms with E-state index < -0.39 is 4.92 Å². The summed E-state index contributed by atoms with van der Waals surface area (Å²) < 4.78 is 0.680. The number of aryl methyl sites for hydroxylation is 2. The summed E-state index contributed by atoms with van der Waals surface area (Å²) in [7, 11) is 0. The first-order valence-corrected chi connectivity index (χ1v) is 7.78. The Bertz CT molecular complexity index is 673. The van der Waals surface area contributed by atoms with Gasteiger partial charge in [-0.25, -0.2) is 0 Å². The average molecular weight is 324 g/mol. The van der Waals surface area contributed by atoms with Crippen LogP contribution in [-0.4, -0.2) is 26.8 Å². The molecule has 1 aromatic carbocycles. The number of anilines is 1. The molecule has 0 aliphatic heterocycles. The van der Waals surface area contributed by atoms with E-state index in [1.807, 2.05) is 6.92 Å². The molecule has 0 aliphatic carbocycles. The fraction of sp³-hybridized carbons (Fsp3) is 0.250. The van der Waals surface area contributed by atoms with Crippen LogP contribution in [0.3, 0.4) is 0 Å². The van der Waals surface area contributed by atoms with E-state index in [9.17, 15) is 14.9 Å². The van der Waals surface area contributed by atoms with Crippen molar-refractivity contribution in [2.24, 2.45) is 0 Å². The first-order valence-electron chi connectivity index (χ1n) is 5.92. The van der Waals surface area contributed by atoms with Gasteiger partial charge in [-0.15, -0.1) is 10.2 Å². The summed E-state index contributed by atoms with van der Waals surface area (Å²) in [6.45, 7) is 3.63. The molecule has 0 saturated heterocycles. The lowest BCUT2D eigenvalue weighted by Crippen LogP contribution is -2.15. The Morgan fingerprint density at radius 1 is 1.43 bits per heavy atom. The Labute approximate surface area is 128 Å². The van der Waals surface area contributed by atoms with Crippen LogP contribution in [0.25, 0.3) is 0 Å². The summed E-state index contributed by atoms with van der Waals surface area (Å²) in [5.41, 5.74) is 3.38. The Morgan fingerprint density at radius 2 is 2.14 bits per heavy atom. The monoisotopic (exact) mass is 324 g/mol. The second-order valence-corrected chi connectivity index (χ2v) is 6.31. The molecule has 0 fully saturated rings. The van der Waals surface area contributed by atoms with Crippen LogP contribution in [0.15, 0.2) is 22.0 Å². The molecular weight excluding hydrogens is 312 g/mol. The van der Waals surface area contributed by atoms with Gasteiger partial charge < -0.3 is 5.32 Å². The van der Waals surface area contributed by atoms with Crippen molar-refractivity contribution in [3.8, 4) is 0 Å². The van der Waals surface area contributed by atoms with E-state index in [2.05, 4.69) is 15.5 Å². The molecule has 0 saturated carbocycles. The first-order chi connectivity index (χ1) is 9.97. The maximum Gasteiger partial charge on any atom is 0.293 e. The zero-order valence-electron chi connectivity index (χ0n) is 11.3. The summed E-state index contributed by atoms with van der Waals surface area (Å²) in [6.07, 6.45) is 0. The molecule has 21 heavy (non-hydrogen) atoms. The van der Waals surface area contributed by atoms with Gasteiger partial charge in [0.1, 0.15) is 11.2 Å². The third-order valence-electron chi connectivity index (χ3n) is 2.75. The summed E-state index contributed by atoms with van der Waals surface area (Å²) in [4.78, 5) is 22.4. The highest BCUT2D eigenvalue weighted by Crippen LogP contribution is 2.28. The Hall–Kier alpha value is -2.00. The third kappa shape index (κ3) is 3.99. The van der Waals surface area contributed by atoms with Crippen molar-refractivity contribution in [2.75, 3.05) is 11.1 Å². The molecule has 0 bridgehead atoms. The van der Waals surface area contributed by atoms with E-state index in [0.717, 1.165) is 11.1 Å². The molecule has 0 atom stereocenters. The number of benzene rings is 1. The van der Waals surface area contributed by atoms with Crippen LogP contribution < -0.4 is 5.32 Å². The zero-order valence-corrected chi connectivity index (χ0v) is 13.0. The number of hydrogen-bond acceptors (Lipinski definition) is 7. The number of rotatable bonds is 5. The average Bonchev–Trinajstić information content (AvgIpc) is 2.93. The second kappa shape index (κ2) is 6.64. The molecule has 0 aliphatic rings. The molecule has 1 heterocycles. The predicted molar refractivity (Wildman–Crippen MR) is 81.8 cm³/mol. The maximum absolute atomic E-state index is 11.9. The molecule has 2 rings (SSSR count). The van der Waals surface area contributed by atoms with Crippen LogP contribution in [0.4, 0.5) is 11.4 Å². The summed E-state index contributed by atoms with van der Waals surface area (Å²) in [6, 6.07) is 3.07. The number of thioether (sulfide) groups is 1. The van der Waals surface area contributed by atoms with Gasteiger partial charge in [-0.05, 0) is 31.0 Å². The largest absolute Gasteiger partial charge is 0.320 e. The number of nitrogens with zero attached hydrogens (tertiary/aromatic N) is 3. The standard InChI is InChI=1S/C12H12N4O3S2/c1-7-3-9(10(16(18)19)4-8(7)2)14-11(17)5-20-12-15-13-6-21-12/h3-4,6H,5H2,1-2H3,(H,14,17). The lowest BCUT2D eigenvalue weighted by Gasteiger charge is -2.08. The molecule has 110 valence electrons. The van der Waals surface area contributed by atoms with E-state index in [0.29, 0.717) is 4.34 Å². The second-order valence-electron chi connectivity index (χ2n) is 4.25. The number of nitro groups is 1. The molecular formula is C12H12N4O3S2. The topological polar surface area (TPSA) is 98.0 Å². The van der Waals surface area contributed by atoms with Crippen molar-refractivity contribution in [3.05, 3.63) is 38.9 Å². The van der Waals surface area contributed by atoms with Gasteiger partial charge in [-0.1, -0.05) is 23.1 Å². The number of nitro benzene ring substituents is 1. The van der Waals surface area contributed by atoms with Gasteiger partial charge in [-0.3, -0.25) is 14.9 Å². The molecule has 0 unspecified atom stereocenters. The predicted octanol–water partition coefficient (Wildman–Crippen LogP) is 2.79. The lowest BCUT2D eigenvalue weighted by molar-refractivity contribution is -0.384. The van der Waals surface area contributed by atoms with Crippen LogP contribution in [0.2, 0.25) is 0 Å². The summed E-state index contributed by atoms with van der Waals surface area (Å²) in [5, 5.41) is 21.1. The molecule has 1 N–H and O–H groups in total. The van der Waals surface area contributed by atoms with Crippen molar-refractivity contribution < 1.29 is 9.72 Å². The maximum atomic E-state index is 11.9. The van der Waals surface area contributed by atoms with Crippen LogP contribution in [-0.2, 0) is 4.79 Å². The number of nitrogens with one attached hydrogen (secondary N) is 1. The van der Waals surface area contributed by atoms with Gasteiger partial charge in [0.15, 0.2) is 4.34 Å². The summed E-state index contributed by atoms with van der Waals surface area (Å²) >= 11 is 2.58. The van der Waals surface area contributed by atoms with Gasteiger partial charge in [-0.2, -0.15) is 0 Å². The van der Waals surface area contributed by atoms with Crippen molar-refractivity contribution in [3.63, 3.8) is 0 Å². The minimum absolute atomic E-state index is 0.104. The first kappa shape index (κ1) is 15.4. The van der Waals surface area contributed by atoms with Crippen LogP contribution in [0, 0.1) is 24.0 Å². The molecule has 2 aromatic rings. The highest BCUT2D eigenvalue weighted by Gasteiger charge is 2.17. The van der Waals surface area contributed by atoms with E-state index in [1.54, 1.807) is 18.5 Å². The number of aromatic nitrogens is 2. The SMILES string of the molecule is Cc1cc(NC(=O)CSc2nncs2)c([N+](=O)[O-])cc1C. The Morgan fingerprint density at radius 3 is 2.76 bits per heavy atom. The van der Waals surface area contributed by atoms with Crippen molar-refractivity contribution in [1.29, 1.82) is 0 Å². The smallest absolute Gasteiger partial charge is 0.293 e. The van der Waals surface area contributed by atoms with Gasteiger partial charge in [0, 0.05) is 6.07 Å². The quantitative estimate of drug-likeness (QED) is 0.516. The van der Waals surface area contributed by atoms with Crippen molar-refractivity contribution in [1.82, 2.24) is 10.2 Å². The van der Waals surface area contributed by atoms with Gasteiger partial charge in [0.25, 0.3) is 5.69 Å².